The van der Waals surface area contributed by atoms with Crippen LogP contribution in [0.2, 0.25) is 0 Å². The molecule has 6 aromatic rings. The molecule has 0 aliphatic carbocycles. The lowest BCUT2D eigenvalue weighted by Crippen LogP contribution is -2.11. The molecule has 0 saturated carbocycles. The molecule has 0 atom stereocenters. The maximum absolute atomic E-state index is 4.69. The summed E-state index contributed by atoms with van der Waals surface area (Å²) in [6.07, 6.45) is 5.79. The third-order valence-corrected chi connectivity index (χ3v) is 7.19. The van der Waals surface area contributed by atoms with Gasteiger partial charge in [0.15, 0.2) is 0 Å². The molecule has 0 N–H and O–H groups in total. The van der Waals surface area contributed by atoms with E-state index in [-0.39, 0.29) is 5.41 Å². The Balaban J connectivity index is 1.45. The van der Waals surface area contributed by atoms with Crippen molar-refractivity contribution >= 4 is 10.8 Å². The molecule has 0 fully saturated rings. The van der Waals surface area contributed by atoms with E-state index >= 15 is 0 Å². The lowest BCUT2D eigenvalue weighted by molar-refractivity contribution is 0.589. The van der Waals surface area contributed by atoms with Crippen molar-refractivity contribution in [2.75, 3.05) is 0 Å². The highest BCUT2D eigenvalue weighted by molar-refractivity contribution is 6.05. The predicted octanol–water partition coefficient (Wildman–Crippen LogP) is 9.60. The number of nitrogens with zero attached hydrogens (tertiary/aromatic N) is 2. The Kier molecular flexibility index (Phi) is 6.09. The summed E-state index contributed by atoms with van der Waals surface area (Å²) in [4.78, 5) is 9.20. The van der Waals surface area contributed by atoms with Crippen LogP contribution in [0.5, 0.6) is 0 Å². The molecule has 0 aliphatic heterocycles. The number of aromatic nitrogens is 2. The monoisotopic (exact) mass is 490 g/mol. The van der Waals surface area contributed by atoms with E-state index in [0.29, 0.717) is 0 Å². The van der Waals surface area contributed by atoms with Gasteiger partial charge in [0.25, 0.3) is 0 Å². The lowest BCUT2D eigenvalue weighted by atomic mass is 9.86. The average Bonchev–Trinajstić information content (AvgIpc) is 2.97. The van der Waals surface area contributed by atoms with Crippen molar-refractivity contribution in [2.24, 2.45) is 0 Å². The predicted molar refractivity (Wildman–Crippen MR) is 160 cm³/mol. The second-order valence-electron chi connectivity index (χ2n) is 10.8. The summed E-state index contributed by atoms with van der Waals surface area (Å²) >= 11 is 0. The number of hydrogen-bond acceptors (Lipinski definition) is 2. The van der Waals surface area contributed by atoms with Crippen molar-refractivity contribution in [1.82, 2.24) is 9.97 Å². The standard InChI is InChI=1S/C36H30N2/c1-36(2,3)30-17-20-38-35(23-30)29-14-8-13-28(22-29)32-16-15-31(33-18-19-37-24-34(32)33)27-12-7-11-26(21-27)25-9-5-4-6-10-25/h4-24H,1-3H3. The first-order chi connectivity index (χ1) is 18.5. The highest BCUT2D eigenvalue weighted by atomic mass is 14.7. The summed E-state index contributed by atoms with van der Waals surface area (Å²) in [5.74, 6) is 0. The Hall–Kier alpha value is -4.56. The SMILES string of the molecule is CC(C)(C)c1ccnc(-c2cccc(-c3ccc(-c4cccc(-c5ccccc5)c4)c4ccncc34)c2)c1. The van der Waals surface area contributed by atoms with E-state index in [2.05, 4.69) is 135 Å². The highest BCUT2D eigenvalue weighted by Crippen LogP contribution is 2.37. The van der Waals surface area contributed by atoms with Gasteiger partial charge in [0, 0.05) is 29.5 Å². The number of fused-ring (bicyclic) bond motifs is 1. The van der Waals surface area contributed by atoms with Crippen LogP contribution in [0.3, 0.4) is 0 Å². The molecule has 0 unspecified atom stereocenters. The molecule has 0 amide bonds. The first kappa shape index (κ1) is 23.8. The molecule has 6 rings (SSSR count). The van der Waals surface area contributed by atoms with Gasteiger partial charge in [0.05, 0.1) is 5.69 Å². The Bertz CT molecular complexity index is 1740. The molecule has 184 valence electrons. The van der Waals surface area contributed by atoms with E-state index in [1.165, 1.54) is 38.8 Å². The zero-order valence-electron chi connectivity index (χ0n) is 22.0. The first-order valence-corrected chi connectivity index (χ1v) is 13.1. The summed E-state index contributed by atoms with van der Waals surface area (Å²) in [6.45, 7) is 6.70. The molecule has 2 nitrogen and oxygen atoms in total. The fraction of sp³-hybridized carbons (Fsp3) is 0.111. The van der Waals surface area contributed by atoms with Gasteiger partial charge in [-0.15, -0.1) is 0 Å². The Morgan fingerprint density at radius 2 is 1.13 bits per heavy atom. The smallest absolute Gasteiger partial charge is 0.0705 e. The molecule has 2 aromatic heterocycles. The summed E-state index contributed by atoms with van der Waals surface area (Å²) in [5, 5.41) is 2.34. The van der Waals surface area contributed by atoms with Crippen LogP contribution in [0.15, 0.2) is 128 Å². The van der Waals surface area contributed by atoms with Gasteiger partial charge in [-0.2, -0.15) is 0 Å². The summed E-state index contributed by atoms with van der Waals surface area (Å²) in [6, 6.07) is 38.9. The summed E-state index contributed by atoms with van der Waals surface area (Å²) in [7, 11) is 0. The van der Waals surface area contributed by atoms with Crippen molar-refractivity contribution in [2.45, 2.75) is 26.2 Å². The van der Waals surface area contributed by atoms with Gasteiger partial charge in [-0.3, -0.25) is 9.97 Å². The van der Waals surface area contributed by atoms with Gasteiger partial charge >= 0.3 is 0 Å². The highest BCUT2D eigenvalue weighted by Gasteiger charge is 2.15. The summed E-state index contributed by atoms with van der Waals surface area (Å²) < 4.78 is 0. The topological polar surface area (TPSA) is 25.8 Å². The quantitative estimate of drug-likeness (QED) is 0.246. The molecule has 0 radical (unpaired) electrons. The van der Waals surface area contributed by atoms with Crippen molar-refractivity contribution < 1.29 is 0 Å². The van der Waals surface area contributed by atoms with Crippen LogP contribution < -0.4 is 0 Å². The molecule has 2 heterocycles. The number of pyridine rings is 2. The maximum Gasteiger partial charge on any atom is 0.0705 e. The molecule has 0 aliphatic rings. The number of hydrogen-bond donors (Lipinski definition) is 0. The summed E-state index contributed by atoms with van der Waals surface area (Å²) in [5.41, 5.74) is 10.6. The lowest BCUT2D eigenvalue weighted by Gasteiger charge is -2.19. The zero-order valence-corrected chi connectivity index (χ0v) is 22.0. The minimum atomic E-state index is 0.0742. The fourth-order valence-corrected chi connectivity index (χ4v) is 5.09. The Morgan fingerprint density at radius 3 is 1.87 bits per heavy atom. The van der Waals surface area contributed by atoms with Crippen molar-refractivity contribution in [1.29, 1.82) is 0 Å². The van der Waals surface area contributed by atoms with Gasteiger partial charge in [-0.25, -0.2) is 0 Å². The molecule has 0 bridgehead atoms. The van der Waals surface area contributed by atoms with Gasteiger partial charge < -0.3 is 0 Å². The van der Waals surface area contributed by atoms with Crippen molar-refractivity contribution in [3.05, 3.63) is 133 Å². The molecule has 0 spiro atoms. The van der Waals surface area contributed by atoms with E-state index < -0.39 is 0 Å². The molecule has 4 aromatic carbocycles. The molecular weight excluding hydrogens is 460 g/mol. The van der Waals surface area contributed by atoms with E-state index in [0.717, 1.165) is 22.2 Å². The normalized spacial score (nSPS) is 11.6. The molecule has 0 saturated heterocycles. The third kappa shape index (κ3) is 4.62. The molecular formula is C36H30N2. The number of rotatable bonds is 4. The van der Waals surface area contributed by atoms with Crippen LogP contribution in [0.4, 0.5) is 0 Å². The van der Waals surface area contributed by atoms with E-state index in [9.17, 15) is 0 Å². The largest absolute Gasteiger partial charge is 0.264 e. The van der Waals surface area contributed by atoms with E-state index in [1.807, 2.05) is 18.6 Å². The van der Waals surface area contributed by atoms with Gasteiger partial charge in [-0.1, -0.05) is 99.6 Å². The second kappa shape index (κ2) is 9.72. The van der Waals surface area contributed by atoms with E-state index in [4.69, 9.17) is 4.98 Å². The molecule has 2 heteroatoms. The van der Waals surface area contributed by atoms with Gasteiger partial charge in [-0.05, 0) is 80.1 Å². The third-order valence-electron chi connectivity index (χ3n) is 7.19. The zero-order chi connectivity index (χ0) is 26.1. The Labute approximate surface area is 224 Å². The van der Waals surface area contributed by atoms with Crippen LogP contribution in [0.25, 0.3) is 55.4 Å². The minimum absolute atomic E-state index is 0.0742. The first-order valence-electron chi connectivity index (χ1n) is 13.1. The van der Waals surface area contributed by atoms with Crippen LogP contribution in [0.1, 0.15) is 26.3 Å². The average molecular weight is 491 g/mol. The fourth-order valence-electron chi connectivity index (χ4n) is 5.09. The van der Waals surface area contributed by atoms with Crippen LogP contribution in [-0.4, -0.2) is 9.97 Å². The van der Waals surface area contributed by atoms with Crippen LogP contribution >= 0.6 is 0 Å². The van der Waals surface area contributed by atoms with Gasteiger partial charge in [0.1, 0.15) is 0 Å². The van der Waals surface area contributed by atoms with Gasteiger partial charge in [0.2, 0.25) is 0 Å². The maximum atomic E-state index is 4.69. The van der Waals surface area contributed by atoms with Crippen molar-refractivity contribution in [3.63, 3.8) is 0 Å². The van der Waals surface area contributed by atoms with Crippen LogP contribution in [0, 0.1) is 0 Å². The number of benzene rings is 4. The minimum Gasteiger partial charge on any atom is -0.264 e. The van der Waals surface area contributed by atoms with E-state index in [1.54, 1.807) is 0 Å². The Morgan fingerprint density at radius 1 is 0.500 bits per heavy atom. The van der Waals surface area contributed by atoms with Crippen LogP contribution in [-0.2, 0) is 5.41 Å². The van der Waals surface area contributed by atoms with Crippen molar-refractivity contribution in [3.8, 4) is 44.6 Å². The second-order valence-corrected chi connectivity index (χ2v) is 10.8. The molecule has 38 heavy (non-hydrogen) atoms.